The maximum atomic E-state index is 13.5. The third-order valence-corrected chi connectivity index (χ3v) is 5.89. The van der Waals surface area contributed by atoms with E-state index in [0.717, 1.165) is 5.69 Å². The lowest BCUT2D eigenvalue weighted by molar-refractivity contribution is 0.570. The standard InChI is InChI=1S/C14H12BrFN2O2S/c15-14-12(2-1-6-17-14)18-11-5-7-21(19,20)13-4-3-9(16)8-10(11)13/h1-4,6,8,11,18H,5,7H2. The average Bonchev–Trinajstić information content (AvgIpc) is 2.44. The van der Waals surface area contributed by atoms with Gasteiger partial charge in [-0.3, -0.25) is 0 Å². The Morgan fingerprint density at radius 1 is 1.33 bits per heavy atom. The Hall–Kier alpha value is -1.47. The van der Waals surface area contributed by atoms with Crippen molar-refractivity contribution in [3.8, 4) is 0 Å². The summed E-state index contributed by atoms with van der Waals surface area (Å²) >= 11 is 3.33. The Labute approximate surface area is 130 Å². The molecule has 21 heavy (non-hydrogen) atoms. The molecule has 1 aromatic heterocycles. The molecule has 3 rings (SSSR count). The number of rotatable bonds is 2. The first-order valence-corrected chi connectivity index (χ1v) is 8.81. The minimum Gasteiger partial charge on any atom is -0.376 e. The summed E-state index contributed by atoms with van der Waals surface area (Å²) in [4.78, 5) is 4.31. The van der Waals surface area contributed by atoms with Crippen LogP contribution in [0.4, 0.5) is 10.1 Å². The Morgan fingerprint density at radius 3 is 2.90 bits per heavy atom. The number of hydrogen-bond donors (Lipinski definition) is 1. The lowest BCUT2D eigenvalue weighted by Crippen LogP contribution is -2.25. The normalized spacial score (nSPS) is 19.8. The average molecular weight is 371 g/mol. The fourth-order valence-electron chi connectivity index (χ4n) is 2.44. The molecule has 0 spiro atoms. The summed E-state index contributed by atoms with van der Waals surface area (Å²) in [5.41, 5.74) is 1.22. The van der Waals surface area contributed by atoms with E-state index in [1.165, 1.54) is 18.2 Å². The summed E-state index contributed by atoms with van der Waals surface area (Å²) in [5, 5.41) is 3.23. The van der Waals surface area contributed by atoms with E-state index in [0.29, 0.717) is 16.6 Å². The number of fused-ring (bicyclic) bond motifs is 1. The number of anilines is 1. The Bertz CT molecular complexity index is 795. The van der Waals surface area contributed by atoms with Crippen molar-refractivity contribution in [2.24, 2.45) is 0 Å². The van der Waals surface area contributed by atoms with Crippen molar-refractivity contribution in [2.75, 3.05) is 11.1 Å². The zero-order valence-corrected chi connectivity index (χ0v) is 13.3. The predicted octanol–water partition coefficient (Wildman–Crippen LogP) is 3.31. The molecule has 110 valence electrons. The van der Waals surface area contributed by atoms with E-state index in [4.69, 9.17) is 0 Å². The SMILES string of the molecule is O=S1(=O)CCC(Nc2cccnc2Br)c2cc(F)ccc21. The Kier molecular flexibility index (Phi) is 3.71. The van der Waals surface area contributed by atoms with Crippen molar-refractivity contribution in [1.29, 1.82) is 0 Å². The van der Waals surface area contributed by atoms with Crippen LogP contribution in [0.15, 0.2) is 46.0 Å². The van der Waals surface area contributed by atoms with Gasteiger partial charge in [0.2, 0.25) is 0 Å². The number of halogens is 2. The van der Waals surface area contributed by atoms with Gasteiger partial charge in [0.1, 0.15) is 10.4 Å². The molecule has 0 saturated carbocycles. The van der Waals surface area contributed by atoms with Crippen LogP contribution in [0.2, 0.25) is 0 Å². The van der Waals surface area contributed by atoms with Gasteiger partial charge in [-0.25, -0.2) is 17.8 Å². The van der Waals surface area contributed by atoms with Crippen LogP contribution >= 0.6 is 15.9 Å². The van der Waals surface area contributed by atoms with Gasteiger partial charge in [-0.05, 0) is 58.2 Å². The first kappa shape index (κ1) is 14.5. The van der Waals surface area contributed by atoms with E-state index in [9.17, 15) is 12.8 Å². The predicted molar refractivity (Wildman–Crippen MR) is 81.4 cm³/mol. The number of aromatic nitrogens is 1. The summed E-state index contributed by atoms with van der Waals surface area (Å²) < 4.78 is 38.3. The highest BCUT2D eigenvalue weighted by Gasteiger charge is 2.30. The molecule has 2 heterocycles. The molecule has 0 fully saturated rings. The lowest BCUT2D eigenvalue weighted by Gasteiger charge is -2.27. The molecule has 0 bridgehead atoms. The Balaban J connectivity index is 2.03. The third kappa shape index (κ3) is 2.80. The van der Waals surface area contributed by atoms with Crippen LogP contribution in [0.25, 0.3) is 0 Å². The number of sulfone groups is 1. The van der Waals surface area contributed by atoms with Gasteiger partial charge in [0, 0.05) is 6.20 Å². The summed E-state index contributed by atoms with van der Waals surface area (Å²) in [5.74, 6) is -0.399. The van der Waals surface area contributed by atoms with Gasteiger partial charge in [-0.2, -0.15) is 0 Å². The second kappa shape index (κ2) is 5.38. The minimum atomic E-state index is -3.33. The molecule has 7 heteroatoms. The number of hydrogen-bond acceptors (Lipinski definition) is 4. The summed E-state index contributed by atoms with van der Waals surface area (Å²) in [6.45, 7) is 0. The summed E-state index contributed by atoms with van der Waals surface area (Å²) in [6, 6.07) is 7.15. The fraction of sp³-hybridized carbons (Fsp3) is 0.214. The monoisotopic (exact) mass is 370 g/mol. The molecule has 4 nitrogen and oxygen atoms in total. The van der Waals surface area contributed by atoms with E-state index in [1.54, 1.807) is 12.3 Å². The molecular formula is C14H12BrFN2O2S. The highest BCUT2D eigenvalue weighted by Crippen LogP contribution is 2.35. The van der Waals surface area contributed by atoms with Crippen molar-refractivity contribution in [3.05, 3.63) is 52.5 Å². The number of pyridine rings is 1. The van der Waals surface area contributed by atoms with Crippen LogP contribution in [0.3, 0.4) is 0 Å². The summed E-state index contributed by atoms with van der Waals surface area (Å²) in [7, 11) is -3.33. The first-order chi connectivity index (χ1) is 9.97. The van der Waals surface area contributed by atoms with Gasteiger partial charge in [0.15, 0.2) is 9.84 Å². The van der Waals surface area contributed by atoms with Crippen LogP contribution in [0, 0.1) is 5.82 Å². The van der Waals surface area contributed by atoms with Crippen LogP contribution in [-0.4, -0.2) is 19.2 Å². The Morgan fingerprint density at radius 2 is 2.14 bits per heavy atom. The molecule has 0 aliphatic carbocycles. The number of nitrogens with zero attached hydrogens (tertiary/aromatic N) is 1. The first-order valence-electron chi connectivity index (χ1n) is 6.36. The van der Waals surface area contributed by atoms with Crippen molar-refractivity contribution in [1.82, 2.24) is 4.98 Å². The molecule has 0 saturated heterocycles. The van der Waals surface area contributed by atoms with E-state index in [2.05, 4.69) is 26.2 Å². The topological polar surface area (TPSA) is 59.1 Å². The molecule has 1 unspecified atom stereocenters. The number of nitrogens with one attached hydrogen (secondary N) is 1. The van der Waals surface area contributed by atoms with Crippen molar-refractivity contribution < 1.29 is 12.8 Å². The van der Waals surface area contributed by atoms with Crippen molar-refractivity contribution >= 4 is 31.5 Å². The van der Waals surface area contributed by atoms with Gasteiger partial charge in [0.25, 0.3) is 0 Å². The van der Waals surface area contributed by atoms with E-state index in [-0.39, 0.29) is 16.7 Å². The number of benzene rings is 1. The maximum Gasteiger partial charge on any atom is 0.178 e. The van der Waals surface area contributed by atoms with Gasteiger partial charge in [-0.1, -0.05) is 0 Å². The van der Waals surface area contributed by atoms with Crippen LogP contribution < -0.4 is 5.32 Å². The summed E-state index contributed by atoms with van der Waals surface area (Å²) in [6.07, 6.45) is 2.04. The van der Waals surface area contributed by atoms with Gasteiger partial charge in [-0.15, -0.1) is 0 Å². The van der Waals surface area contributed by atoms with E-state index >= 15 is 0 Å². The fourth-order valence-corrected chi connectivity index (χ4v) is 4.41. The molecule has 2 aromatic rings. The highest BCUT2D eigenvalue weighted by molar-refractivity contribution is 9.10. The molecule has 1 atom stereocenters. The molecule has 1 aliphatic rings. The quantitative estimate of drug-likeness (QED) is 0.650. The second-order valence-corrected chi connectivity index (χ2v) is 7.66. The third-order valence-electron chi connectivity index (χ3n) is 3.45. The largest absolute Gasteiger partial charge is 0.376 e. The molecule has 0 radical (unpaired) electrons. The van der Waals surface area contributed by atoms with E-state index < -0.39 is 15.7 Å². The molecule has 0 amide bonds. The molecule has 1 aromatic carbocycles. The van der Waals surface area contributed by atoms with Crippen LogP contribution in [0.5, 0.6) is 0 Å². The molecular weight excluding hydrogens is 359 g/mol. The molecule has 1 aliphatic heterocycles. The van der Waals surface area contributed by atoms with Gasteiger partial charge >= 0.3 is 0 Å². The minimum absolute atomic E-state index is 0.0428. The van der Waals surface area contributed by atoms with E-state index in [1.807, 2.05) is 6.07 Å². The van der Waals surface area contributed by atoms with Crippen molar-refractivity contribution in [3.63, 3.8) is 0 Å². The molecule has 1 N–H and O–H groups in total. The lowest BCUT2D eigenvalue weighted by atomic mass is 10.0. The van der Waals surface area contributed by atoms with Crippen molar-refractivity contribution in [2.45, 2.75) is 17.4 Å². The zero-order chi connectivity index (χ0) is 15.0. The zero-order valence-electron chi connectivity index (χ0n) is 10.9. The van der Waals surface area contributed by atoms with Gasteiger partial charge < -0.3 is 5.32 Å². The highest BCUT2D eigenvalue weighted by atomic mass is 79.9. The second-order valence-electron chi connectivity index (χ2n) is 4.83. The maximum absolute atomic E-state index is 13.5. The van der Waals surface area contributed by atoms with Crippen LogP contribution in [0.1, 0.15) is 18.0 Å². The van der Waals surface area contributed by atoms with Crippen LogP contribution in [-0.2, 0) is 9.84 Å². The van der Waals surface area contributed by atoms with Gasteiger partial charge in [0.05, 0.1) is 22.4 Å². The smallest absolute Gasteiger partial charge is 0.178 e.